The van der Waals surface area contributed by atoms with Gasteiger partial charge in [-0.15, -0.1) is 0 Å². The Bertz CT molecular complexity index is 1390. The Balaban J connectivity index is 2.09. The molecule has 3 aromatic rings. The molecular formula is C25H24BrF3N2O4S. The molecule has 6 nitrogen and oxygen atoms in total. The van der Waals surface area contributed by atoms with Crippen molar-refractivity contribution in [2.75, 3.05) is 20.7 Å². The zero-order valence-electron chi connectivity index (χ0n) is 19.8. The molecule has 1 heterocycles. The van der Waals surface area contributed by atoms with Crippen LogP contribution < -0.4 is 0 Å². The maximum absolute atomic E-state index is 13.4. The number of ether oxygens (including phenoxy) is 1. The minimum atomic E-state index is -4.52. The summed E-state index contributed by atoms with van der Waals surface area (Å²) in [5.74, 6) is -0.704. The molecule has 4 rings (SSSR count). The van der Waals surface area contributed by atoms with E-state index in [4.69, 9.17) is 4.74 Å². The Morgan fingerprint density at radius 3 is 2.39 bits per heavy atom. The standard InChI is InChI=1S/C25H24BrF3N2O4S/c1-4-35-24(33)20-19-16(12-30(2)3)22(32)17(26)11-18(19)31(15-9-10-15)21(20)23(36-34)13-5-7-14(8-6-13)25(27,28)29/h5-8,11,15,32H,4,9-10,12H2,1-3H3. The van der Waals surface area contributed by atoms with Crippen LogP contribution in [0.25, 0.3) is 10.9 Å². The minimum absolute atomic E-state index is 0.00840. The Morgan fingerprint density at radius 1 is 1.25 bits per heavy atom. The third-order valence-electron chi connectivity index (χ3n) is 5.96. The third-order valence-corrected chi connectivity index (χ3v) is 7.16. The fraction of sp³-hybridized carbons (Fsp3) is 0.360. The number of carbonyl (C=O) groups is 1. The smallest absolute Gasteiger partial charge is 0.416 e. The number of phenols is 1. The lowest BCUT2D eigenvalue weighted by atomic mass is 10.00. The molecule has 0 spiro atoms. The van der Waals surface area contributed by atoms with Crippen molar-refractivity contribution < 1.29 is 32.0 Å². The van der Waals surface area contributed by atoms with Crippen molar-refractivity contribution in [1.29, 1.82) is 0 Å². The number of aromatic hydroxyl groups is 1. The molecule has 192 valence electrons. The van der Waals surface area contributed by atoms with Gasteiger partial charge in [-0.3, -0.25) is 0 Å². The maximum atomic E-state index is 13.4. The highest BCUT2D eigenvalue weighted by Gasteiger charge is 2.37. The first kappa shape index (κ1) is 26.4. The zero-order valence-corrected chi connectivity index (χ0v) is 22.2. The number of alkyl halides is 3. The lowest BCUT2D eigenvalue weighted by molar-refractivity contribution is -0.137. The second-order valence-corrected chi connectivity index (χ2v) is 10.3. The van der Waals surface area contributed by atoms with Crippen molar-refractivity contribution in [1.82, 2.24) is 9.47 Å². The minimum Gasteiger partial charge on any atom is -0.506 e. The first-order chi connectivity index (χ1) is 17.0. The van der Waals surface area contributed by atoms with E-state index >= 15 is 0 Å². The number of fused-ring (bicyclic) bond motifs is 1. The molecule has 0 saturated heterocycles. The maximum Gasteiger partial charge on any atom is 0.416 e. The Morgan fingerprint density at radius 2 is 1.89 bits per heavy atom. The summed E-state index contributed by atoms with van der Waals surface area (Å²) in [5, 5.41) is 11.4. The lowest BCUT2D eigenvalue weighted by Crippen LogP contribution is -2.17. The largest absolute Gasteiger partial charge is 0.506 e. The predicted molar refractivity (Wildman–Crippen MR) is 136 cm³/mol. The Hall–Kier alpha value is -2.63. The van der Waals surface area contributed by atoms with Crippen LogP contribution in [-0.2, 0) is 28.7 Å². The predicted octanol–water partition coefficient (Wildman–Crippen LogP) is 5.48. The molecule has 1 aromatic heterocycles. The zero-order chi connectivity index (χ0) is 26.4. The quantitative estimate of drug-likeness (QED) is 0.226. The fourth-order valence-corrected chi connectivity index (χ4v) is 5.32. The SMILES string of the molecule is CCOC(=O)c1c(C(=S=O)c2ccc(C(F)(F)F)cc2)n(C2CC2)c2cc(Br)c(O)c(CN(C)C)c12. The van der Waals surface area contributed by atoms with Crippen LogP contribution in [-0.4, -0.2) is 50.3 Å². The Labute approximate surface area is 217 Å². The van der Waals surface area contributed by atoms with Gasteiger partial charge in [0.15, 0.2) is 0 Å². The van der Waals surface area contributed by atoms with E-state index in [1.165, 1.54) is 12.1 Å². The number of hydrogen-bond donors (Lipinski definition) is 1. The molecule has 2 aromatic carbocycles. The summed E-state index contributed by atoms with van der Waals surface area (Å²) in [6.07, 6.45) is -2.90. The monoisotopic (exact) mass is 584 g/mol. The first-order valence-electron chi connectivity index (χ1n) is 11.2. The van der Waals surface area contributed by atoms with E-state index in [-0.39, 0.29) is 45.6 Å². The van der Waals surface area contributed by atoms with Crippen LogP contribution in [0.15, 0.2) is 34.8 Å². The Kier molecular flexibility index (Phi) is 7.36. The highest BCUT2D eigenvalue weighted by molar-refractivity contribution is 9.10. The molecule has 0 unspecified atom stereocenters. The molecule has 1 aliphatic carbocycles. The van der Waals surface area contributed by atoms with Gasteiger partial charge >= 0.3 is 12.1 Å². The molecule has 36 heavy (non-hydrogen) atoms. The van der Waals surface area contributed by atoms with Crippen LogP contribution in [0.3, 0.4) is 0 Å². The number of esters is 1. The van der Waals surface area contributed by atoms with Gasteiger partial charge in [-0.1, -0.05) is 12.1 Å². The van der Waals surface area contributed by atoms with Gasteiger partial charge in [-0.05, 0) is 73.6 Å². The molecule has 0 radical (unpaired) electrons. The summed E-state index contributed by atoms with van der Waals surface area (Å²) >= 11 is 3.52. The number of nitrogens with zero attached hydrogens (tertiary/aromatic N) is 2. The van der Waals surface area contributed by atoms with Gasteiger partial charge in [0, 0.05) is 23.5 Å². The number of aromatic nitrogens is 1. The van der Waals surface area contributed by atoms with Crippen molar-refractivity contribution in [3.05, 3.63) is 62.8 Å². The summed E-state index contributed by atoms with van der Waals surface area (Å²) in [5.41, 5.74) is 0.957. The summed E-state index contributed by atoms with van der Waals surface area (Å²) in [7, 11) is 3.64. The van der Waals surface area contributed by atoms with Gasteiger partial charge in [-0.25, -0.2) is 9.00 Å². The van der Waals surface area contributed by atoms with Crippen LogP contribution in [0.5, 0.6) is 5.75 Å². The molecule has 11 heteroatoms. The van der Waals surface area contributed by atoms with E-state index in [1.54, 1.807) is 13.0 Å². The van der Waals surface area contributed by atoms with Gasteiger partial charge < -0.3 is 19.3 Å². The number of phenolic OH excluding ortho intramolecular Hbond substituents is 1. The highest BCUT2D eigenvalue weighted by atomic mass is 79.9. The molecule has 0 amide bonds. The summed E-state index contributed by atoms with van der Waals surface area (Å²) in [6.45, 7) is 2.04. The molecule has 0 atom stereocenters. The fourth-order valence-electron chi connectivity index (χ4n) is 4.35. The topological polar surface area (TPSA) is 71.8 Å². The van der Waals surface area contributed by atoms with Crippen LogP contribution in [0, 0.1) is 0 Å². The highest BCUT2D eigenvalue weighted by Crippen LogP contribution is 2.46. The normalized spacial score (nSPS) is 13.9. The average Bonchev–Trinajstić information content (AvgIpc) is 3.59. The number of rotatable bonds is 7. The van der Waals surface area contributed by atoms with Crippen LogP contribution >= 0.6 is 15.9 Å². The van der Waals surface area contributed by atoms with Crippen molar-refractivity contribution in [2.24, 2.45) is 0 Å². The van der Waals surface area contributed by atoms with E-state index in [0.717, 1.165) is 25.0 Å². The van der Waals surface area contributed by atoms with Gasteiger partial charge in [0.2, 0.25) is 0 Å². The van der Waals surface area contributed by atoms with Crippen LogP contribution in [0.2, 0.25) is 0 Å². The van der Waals surface area contributed by atoms with Gasteiger partial charge in [-0.2, -0.15) is 13.2 Å². The van der Waals surface area contributed by atoms with E-state index < -0.39 is 17.7 Å². The van der Waals surface area contributed by atoms with Crippen molar-refractivity contribution in [3.63, 3.8) is 0 Å². The van der Waals surface area contributed by atoms with Crippen LogP contribution in [0.1, 0.15) is 58.5 Å². The number of hydrogen-bond acceptors (Lipinski definition) is 5. The molecule has 0 aliphatic heterocycles. The number of halogens is 4. The molecule has 1 saturated carbocycles. The summed E-state index contributed by atoms with van der Waals surface area (Å²) in [4.78, 5) is 15.3. The second kappa shape index (κ2) is 10.0. The van der Waals surface area contributed by atoms with Gasteiger partial charge in [0.25, 0.3) is 0 Å². The molecule has 1 aliphatic rings. The van der Waals surface area contributed by atoms with E-state index in [0.29, 0.717) is 33.2 Å². The molecule has 1 N–H and O–H groups in total. The lowest BCUT2D eigenvalue weighted by Gasteiger charge is -2.15. The van der Waals surface area contributed by atoms with Crippen molar-refractivity contribution >= 4 is 48.9 Å². The first-order valence-corrected chi connectivity index (χ1v) is 12.8. The number of benzene rings is 2. The van der Waals surface area contributed by atoms with Gasteiger partial charge in [0.05, 0.1) is 49.5 Å². The number of carbonyl (C=O) groups excluding carboxylic acids is 1. The van der Waals surface area contributed by atoms with Crippen molar-refractivity contribution in [2.45, 2.75) is 38.5 Å². The summed E-state index contributed by atoms with van der Waals surface area (Å²) < 4.78 is 59.7. The summed E-state index contributed by atoms with van der Waals surface area (Å²) in [6, 6.07) is 6.00. The van der Waals surface area contributed by atoms with Crippen LogP contribution in [0.4, 0.5) is 13.2 Å². The second-order valence-electron chi connectivity index (χ2n) is 8.85. The van der Waals surface area contributed by atoms with Gasteiger partial charge in [0.1, 0.15) is 5.75 Å². The van der Waals surface area contributed by atoms with Crippen molar-refractivity contribution in [3.8, 4) is 5.75 Å². The molecule has 0 bridgehead atoms. The van der Waals surface area contributed by atoms with E-state index in [9.17, 15) is 27.3 Å². The molecule has 1 fully saturated rings. The van der Waals surface area contributed by atoms with E-state index in [2.05, 4.69) is 15.9 Å². The van der Waals surface area contributed by atoms with E-state index in [1.807, 2.05) is 23.6 Å². The third kappa shape index (κ3) is 4.83. The average molecular weight is 585 g/mol. The molecular weight excluding hydrogens is 561 g/mol.